The van der Waals surface area contributed by atoms with E-state index in [0.717, 1.165) is 41.2 Å². The van der Waals surface area contributed by atoms with Crippen LogP contribution in [0.1, 0.15) is 12.0 Å². The van der Waals surface area contributed by atoms with Crippen LogP contribution in [0.25, 0.3) is 10.9 Å². The second-order valence-electron chi connectivity index (χ2n) is 5.57. The average molecular weight is 332 g/mol. The summed E-state index contributed by atoms with van der Waals surface area (Å²) in [5.41, 5.74) is 1.30. The number of pyridine rings is 1. The maximum Gasteiger partial charge on any atom is 0.251 e. The number of carbonyl (C=O) groups excluding carboxylic acids is 1. The molecule has 0 spiro atoms. The number of rotatable bonds is 4. The fraction of sp³-hybridized carbons (Fsp3) is 0.412. The van der Waals surface area contributed by atoms with Gasteiger partial charge in [0, 0.05) is 47.5 Å². The van der Waals surface area contributed by atoms with Crippen LogP contribution in [0.2, 0.25) is 0 Å². The summed E-state index contributed by atoms with van der Waals surface area (Å²) in [6.07, 6.45) is 0.841. The van der Waals surface area contributed by atoms with Crippen LogP contribution < -0.4 is 10.3 Å². The molecule has 2 heterocycles. The largest absolute Gasteiger partial charge is 0.497 e. The summed E-state index contributed by atoms with van der Waals surface area (Å²) in [6, 6.07) is 7.39. The third-order valence-corrected chi connectivity index (χ3v) is 5.04. The highest BCUT2D eigenvalue weighted by Gasteiger charge is 2.17. The molecular weight excluding hydrogens is 312 g/mol. The van der Waals surface area contributed by atoms with Crippen molar-refractivity contribution in [1.82, 2.24) is 9.88 Å². The number of amides is 1. The zero-order valence-electron chi connectivity index (χ0n) is 13.1. The Morgan fingerprint density at radius 2 is 2.09 bits per heavy atom. The Morgan fingerprint density at radius 3 is 2.83 bits per heavy atom. The van der Waals surface area contributed by atoms with Gasteiger partial charge < -0.3 is 14.6 Å². The quantitative estimate of drug-likeness (QED) is 0.931. The lowest BCUT2D eigenvalue weighted by Crippen LogP contribution is -2.38. The predicted octanol–water partition coefficient (Wildman–Crippen LogP) is 2.04. The first-order valence-electron chi connectivity index (χ1n) is 7.73. The van der Waals surface area contributed by atoms with Crippen LogP contribution >= 0.6 is 11.8 Å². The van der Waals surface area contributed by atoms with Gasteiger partial charge >= 0.3 is 0 Å². The highest BCUT2D eigenvalue weighted by atomic mass is 32.2. The highest BCUT2D eigenvalue weighted by Crippen LogP contribution is 2.19. The van der Waals surface area contributed by atoms with Gasteiger partial charge in [-0.2, -0.15) is 11.8 Å². The molecule has 0 saturated carbocycles. The van der Waals surface area contributed by atoms with E-state index in [1.807, 2.05) is 40.9 Å². The topological polar surface area (TPSA) is 62.4 Å². The van der Waals surface area contributed by atoms with Gasteiger partial charge in [-0.05, 0) is 30.7 Å². The summed E-state index contributed by atoms with van der Waals surface area (Å²) in [4.78, 5) is 29.2. The number of hydrogen-bond acceptors (Lipinski definition) is 4. The number of nitrogens with zero attached hydrogens (tertiary/aromatic N) is 1. The van der Waals surface area contributed by atoms with Crippen molar-refractivity contribution >= 4 is 28.6 Å². The van der Waals surface area contributed by atoms with E-state index in [2.05, 4.69) is 4.98 Å². The SMILES string of the molecule is COc1ccc2[nH]c(=O)c(CCC(=O)N3CCSCC3)cc2c1. The normalized spacial score (nSPS) is 14.9. The van der Waals surface area contributed by atoms with E-state index in [9.17, 15) is 9.59 Å². The number of aromatic nitrogens is 1. The van der Waals surface area contributed by atoms with E-state index >= 15 is 0 Å². The number of hydrogen-bond donors (Lipinski definition) is 1. The number of carbonyl (C=O) groups is 1. The van der Waals surface area contributed by atoms with Crippen molar-refractivity contribution in [3.63, 3.8) is 0 Å². The molecule has 3 rings (SSSR count). The van der Waals surface area contributed by atoms with E-state index in [4.69, 9.17) is 4.74 Å². The predicted molar refractivity (Wildman–Crippen MR) is 93.3 cm³/mol. The van der Waals surface area contributed by atoms with E-state index in [1.165, 1.54) is 0 Å². The molecule has 1 aliphatic rings. The van der Waals surface area contributed by atoms with Crippen molar-refractivity contribution in [2.24, 2.45) is 0 Å². The minimum atomic E-state index is -0.121. The van der Waals surface area contributed by atoms with Crippen molar-refractivity contribution < 1.29 is 9.53 Å². The van der Waals surface area contributed by atoms with Gasteiger partial charge in [0.2, 0.25) is 5.91 Å². The summed E-state index contributed by atoms with van der Waals surface area (Å²) in [5, 5.41) is 0.917. The third-order valence-electron chi connectivity index (χ3n) is 4.10. The molecule has 1 saturated heterocycles. The van der Waals surface area contributed by atoms with Gasteiger partial charge in [-0.1, -0.05) is 0 Å². The second-order valence-corrected chi connectivity index (χ2v) is 6.79. The lowest BCUT2D eigenvalue weighted by atomic mass is 10.1. The molecule has 1 aromatic heterocycles. The van der Waals surface area contributed by atoms with Crippen LogP contribution in [0, 0.1) is 0 Å². The van der Waals surface area contributed by atoms with Crippen molar-refractivity contribution in [3.05, 3.63) is 40.2 Å². The third kappa shape index (κ3) is 3.69. The number of fused-ring (bicyclic) bond motifs is 1. The van der Waals surface area contributed by atoms with Crippen LogP contribution in [-0.2, 0) is 11.2 Å². The summed E-state index contributed by atoms with van der Waals surface area (Å²) < 4.78 is 5.22. The smallest absolute Gasteiger partial charge is 0.251 e. The first kappa shape index (κ1) is 15.9. The summed E-state index contributed by atoms with van der Waals surface area (Å²) in [6.45, 7) is 1.63. The fourth-order valence-corrected chi connectivity index (χ4v) is 3.66. The van der Waals surface area contributed by atoms with E-state index < -0.39 is 0 Å². The van der Waals surface area contributed by atoms with Gasteiger partial charge in [0.15, 0.2) is 0 Å². The molecule has 1 N–H and O–H groups in total. The first-order chi connectivity index (χ1) is 11.2. The lowest BCUT2D eigenvalue weighted by molar-refractivity contribution is -0.130. The molecule has 0 bridgehead atoms. The number of aromatic amines is 1. The lowest BCUT2D eigenvalue weighted by Gasteiger charge is -2.26. The number of H-pyrrole nitrogens is 1. The molecule has 0 unspecified atom stereocenters. The standard InChI is InChI=1S/C17H20N2O3S/c1-22-14-3-4-15-13(11-14)10-12(17(21)18-15)2-5-16(20)19-6-8-23-9-7-19/h3-4,10-11H,2,5-9H2,1H3,(H,18,21). The molecule has 5 nitrogen and oxygen atoms in total. The number of methoxy groups -OCH3 is 1. The second kappa shape index (κ2) is 7.08. The van der Waals surface area contributed by atoms with Crippen LogP contribution in [0.15, 0.2) is 29.1 Å². The van der Waals surface area contributed by atoms with Crippen molar-refractivity contribution in [1.29, 1.82) is 0 Å². The van der Waals surface area contributed by atoms with Crippen molar-refractivity contribution in [2.75, 3.05) is 31.7 Å². The molecule has 1 fully saturated rings. The minimum absolute atomic E-state index is 0.121. The molecule has 1 amide bonds. The maximum absolute atomic E-state index is 12.2. The number of nitrogens with one attached hydrogen (secondary N) is 1. The number of benzene rings is 1. The number of thioether (sulfide) groups is 1. The Bertz CT molecular complexity index is 766. The summed E-state index contributed by atoms with van der Waals surface area (Å²) >= 11 is 1.88. The van der Waals surface area contributed by atoms with Gasteiger partial charge in [0.05, 0.1) is 7.11 Å². The first-order valence-corrected chi connectivity index (χ1v) is 8.88. The summed E-state index contributed by atoms with van der Waals surface area (Å²) in [5.74, 6) is 2.89. The van der Waals surface area contributed by atoms with Gasteiger partial charge in [-0.25, -0.2) is 0 Å². The van der Waals surface area contributed by atoms with E-state index in [1.54, 1.807) is 7.11 Å². The average Bonchev–Trinajstić information content (AvgIpc) is 2.60. The van der Waals surface area contributed by atoms with E-state index in [0.29, 0.717) is 18.4 Å². The Morgan fingerprint density at radius 1 is 1.30 bits per heavy atom. The Hall–Kier alpha value is -1.95. The minimum Gasteiger partial charge on any atom is -0.497 e. The molecular formula is C17H20N2O3S. The maximum atomic E-state index is 12.2. The number of aryl methyl sites for hydroxylation is 1. The molecule has 6 heteroatoms. The van der Waals surface area contributed by atoms with Gasteiger partial charge in [0.25, 0.3) is 5.56 Å². The van der Waals surface area contributed by atoms with Gasteiger partial charge in [-0.3, -0.25) is 9.59 Å². The van der Waals surface area contributed by atoms with Crippen molar-refractivity contribution in [2.45, 2.75) is 12.8 Å². The molecule has 0 radical (unpaired) electrons. The zero-order valence-corrected chi connectivity index (χ0v) is 13.9. The van der Waals surface area contributed by atoms with Crippen molar-refractivity contribution in [3.8, 4) is 5.75 Å². The highest BCUT2D eigenvalue weighted by molar-refractivity contribution is 7.99. The molecule has 1 aromatic carbocycles. The fourth-order valence-electron chi connectivity index (χ4n) is 2.76. The van der Waals surface area contributed by atoms with Crippen LogP contribution in [-0.4, -0.2) is 47.5 Å². The monoisotopic (exact) mass is 332 g/mol. The molecule has 2 aromatic rings. The molecule has 0 aliphatic carbocycles. The van der Waals surface area contributed by atoms with Crippen LogP contribution in [0.5, 0.6) is 5.75 Å². The Kier molecular flexibility index (Phi) is 4.91. The van der Waals surface area contributed by atoms with Gasteiger partial charge in [-0.15, -0.1) is 0 Å². The molecule has 1 aliphatic heterocycles. The molecule has 0 atom stereocenters. The Labute approximate surface area is 139 Å². The number of ether oxygens (including phenoxy) is 1. The Balaban J connectivity index is 1.75. The molecule has 122 valence electrons. The molecule has 23 heavy (non-hydrogen) atoms. The van der Waals surface area contributed by atoms with Crippen LogP contribution in [0.3, 0.4) is 0 Å². The summed E-state index contributed by atoms with van der Waals surface area (Å²) in [7, 11) is 1.61. The van der Waals surface area contributed by atoms with Gasteiger partial charge in [0.1, 0.15) is 5.75 Å². The van der Waals surface area contributed by atoms with Crippen LogP contribution in [0.4, 0.5) is 0 Å². The van der Waals surface area contributed by atoms with E-state index in [-0.39, 0.29) is 11.5 Å². The zero-order chi connectivity index (χ0) is 16.2.